The molecule has 0 saturated heterocycles. The van der Waals surface area contributed by atoms with Crippen LogP contribution in [0, 0.1) is 11.8 Å². The minimum atomic E-state index is 0.417. The molecular weight excluding hydrogens is 196 g/mol. The van der Waals surface area contributed by atoms with Crippen molar-refractivity contribution in [3.05, 3.63) is 23.3 Å². The van der Waals surface area contributed by atoms with Gasteiger partial charge in [-0.3, -0.25) is 4.79 Å². The molecule has 0 spiro atoms. The van der Waals surface area contributed by atoms with E-state index in [1.54, 1.807) is 0 Å². The first-order chi connectivity index (χ1) is 7.63. The van der Waals surface area contributed by atoms with E-state index < -0.39 is 0 Å². The summed E-state index contributed by atoms with van der Waals surface area (Å²) in [7, 11) is 0. The fourth-order valence-electron chi connectivity index (χ4n) is 2.82. The first-order valence-electron chi connectivity index (χ1n) is 6.51. The monoisotopic (exact) mass is 218 g/mol. The Morgan fingerprint density at radius 1 is 1.06 bits per heavy atom. The van der Waals surface area contributed by atoms with Crippen LogP contribution in [0.4, 0.5) is 0 Å². The second-order valence-electron chi connectivity index (χ2n) is 5.71. The summed E-state index contributed by atoms with van der Waals surface area (Å²) in [6.07, 6.45) is 10.6. The number of rotatable bonds is 4. The Morgan fingerprint density at radius 3 is 1.81 bits per heavy atom. The summed E-state index contributed by atoms with van der Waals surface area (Å²) >= 11 is 0. The zero-order chi connectivity index (χ0) is 11.5. The molecule has 0 N–H and O–H groups in total. The molecule has 0 aromatic carbocycles. The predicted molar refractivity (Wildman–Crippen MR) is 67.2 cm³/mol. The number of Topliss-reactive ketones (excluding diaryl/α,β-unsaturated/α-hetero) is 1. The Balaban J connectivity index is 1.77. The Kier molecular flexibility index (Phi) is 3.63. The van der Waals surface area contributed by atoms with E-state index in [-0.39, 0.29) is 0 Å². The van der Waals surface area contributed by atoms with Crippen molar-refractivity contribution in [3.8, 4) is 0 Å². The van der Waals surface area contributed by atoms with Crippen LogP contribution in [0.1, 0.15) is 52.4 Å². The van der Waals surface area contributed by atoms with Crippen LogP contribution in [0.15, 0.2) is 23.3 Å². The van der Waals surface area contributed by atoms with Crippen molar-refractivity contribution in [2.45, 2.75) is 52.4 Å². The van der Waals surface area contributed by atoms with Crippen LogP contribution in [-0.4, -0.2) is 5.78 Å². The molecule has 2 aliphatic rings. The average molecular weight is 218 g/mol. The summed E-state index contributed by atoms with van der Waals surface area (Å²) in [5.41, 5.74) is 2.76. The van der Waals surface area contributed by atoms with Crippen molar-refractivity contribution in [2.24, 2.45) is 11.8 Å². The average Bonchev–Trinajstić information content (AvgIpc) is 2.76. The Labute approximate surface area is 98.6 Å². The number of hydrogen-bond acceptors (Lipinski definition) is 1. The second kappa shape index (κ2) is 4.99. The molecule has 0 fully saturated rings. The van der Waals surface area contributed by atoms with Gasteiger partial charge in [0.1, 0.15) is 5.78 Å². The number of carbonyl (C=O) groups excluding carboxylic acids is 1. The number of carbonyl (C=O) groups is 1. The maximum absolute atomic E-state index is 11.9. The molecule has 2 unspecified atom stereocenters. The van der Waals surface area contributed by atoms with E-state index >= 15 is 0 Å². The minimum Gasteiger partial charge on any atom is -0.299 e. The van der Waals surface area contributed by atoms with Crippen LogP contribution < -0.4 is 0 Å². The Bertz CT molecular complexity index is 303. The number of hydrogen-bond donors (Lipinski definition) is 0. The van der Waals surface area contributed by atoms with Gasteiger partial charge >= 0.3 is 0 Å². The van der Waals surface area contributed by atoms with Gasteiger partial charge in [0, 0.05) is 12.8 Å². The number of allylic oxidation sites excluding steroid dienone is 4. The highest BCUT2D eigenvalue weighted by Gasteiger charge is 2.18. The predicted octanol–water partition coefficient (Wildman–Crippen LogP) is 4.05. The van der Waals surface area contributed by atoms with Crippen molar-refractivity contribution in [2.75, 3.05) is 0 Å². The van der Waals surface area contributed by atoms with Gasteiger partial charge in [0.05, 0.1) is 0 Å². The topological polar surface area (TPSA) is 17.1 Å². The standard InChI is InChI=1S/C15H22O/c1-11-3-5-13(7-11)9-15(16)10-14-6-4-12(2)8-14/h5-6,11-12H,3-4,7-10H2,1-2H3. The molecular formula is C15H22O. The molecule has 1 heteroatoms. The molecule has 2 rings (SSSR count). The van der Waals surface area contributed by atoms with Crippen molar-refractivity contribution >= 4 is 5.78 Å². The van der Waals surface area contributed by atoms with E-state index in [2.05, 4.69) is 26.0 Å². The van der Waals surface area contributed by atoms with Crippen molar-refractivity contribution < 1.29 is 4.79 Å². The summed E-state index contributed by atoms with van der Waals surface area (Å²) < 4.78 is 0. The smallest absolute Gasteiger partial charge is 0.140 e. The van der Waals surface area contributed by atoms with E-state index in [4.69, 9.17) is 0 Å². The van der Waals surface area contributed by atoms with Crippen LogP contribution >= 0.6 is 0 Å². The minimum absolute atomic E-state index is 0.417. The van der Waals surface area contributed by atoms with E-state index in [1.165, 1.54) is 24.0 Å². The summed E-state index contributed by atoms with van der Waals surface area (Å²) in [5.74, 6) is 1.93. The number of ketones is 1. The highest BCUT2D eigenvalue weighted by Crippen LogP contribution is 2.30. The van der Waals surface area contributed by atoms with E-state index in [9.17, 15) is 4.79 Å². The highest BCUT2D eigenvalue weighted by atomic mass is 16.1. The first kappa shape index (κ1) is 11.6. The molecule has 0 aromatic heterocycles. The van der Waals surface area contributed by atoms with Gasteiger partial charge in [0.2, 0.25) is 0 Å². The molecule has 0 saturated carbocycles. The second-order valence-corrected chi connectivity index (χ2v) is 5.71. The van der Waals surface area contributed by atoms with Crippen LogP contribution in [-0.2, 0) is 4.79 Å². The van der Waals surface area contributed by atoms with Gasteiger partial charge in [-0.1, -0.05) is 37.1 Å². The lowest BCUT2D eigenvalue weighted by atomic mass is 9.99. The van der Waals surface area contributed by atoms with Crippen molar-refractivity contribution in [3.63, 3.8) is 0 Å². The third-order valence-corrected chi connectivity index (χ3v) is 3.69. The zero-order valence-electron chi connectivity index (χ0n) is 10.5. The van der Waals surface area contributed by atoms with Gasteiger partial charge in [-0.15, -0.1) is 0 Å². The van der Waals surface area contributed by atoms with Crippen LogP contribution in [0.5, 0.6) is 0 Å². The van der Waals surface area contributed by atoms with Crippen LogP contribution in [0.25, 0.3) is 0 Å². The van der Waals surface area contributed by atoms with E-state index in [1.807, 2.05) is 0 Å². The molecule has 2 aliphatic carbocycles. The van der Waals surface area contributed by atoms with E-state index in [0.717, 1.165) is 24.7 Å². The molecule has 0 aromatic rings. The summed E-state index contributed by atoms with van der Waals surface area (Å²) in [6, 6.07) is 0. The zero-order valence-corrected chi connectivity index (χ0v) is 10.5. The van der Waals surface area contributed by atoms with E-state index in [0.29, 0.717) is 18.6 Å². The Morgan fingerprint density at radius 2 is 1.50 bits per heavy atom. The molecule has 2 atom stereocenters. The first-order valence-corrected chi connectivity index (χ1v) is 6.51. The largest absolute Gasteiger partial charge is 0.299 e. The van der Waals surface area contributed by atoms with Crippen LogP contribution in [0.2, 0.25) is 0 Å². The highest BCUT2D eigenvalue weighted by molar-refractivity contribution is 5.83. The summed E-state index contributed by atoms with van der Waals surface area (Å²) in [6.45, 7) is 4.52. The van der Waals surface area contributed by atoms with Gasteiger partial charge in [0.15, 0.2) is 0 Å². The lowest BCUT2D eigenvalue weighted by molar-refractivity contribution is -0.117. The molecule has 0 radical (unpaired) electrons. The van der Waals surface area contributed by atoms with Crippen molar-refractivity contribution in [1.82, 2.24) is 0 Å². The lowest BCUT2D eigenvalue weighted by Crippen LogP contribution is -2.01. The maximum Gasteiger partial charge on any atom is 0.140 e. The van der Waals surface area contributed by atoms with Gasteiger partial charge in [0.25, 0.3) is 0 Å². The van der Waals surface area contributed by atoms with Gasteiger partial charge < -0.3 is 0 Å². The van der Waals surface area contributed by atoms with Crippen LogP contribution in [0.3, 0.4) is 0 Å². The Hall–Kier alpha value is -0.850. The quantitative estimate of drug-likeness (QED) is 0.651. The fraction of sp³-hybridized carbons (Fsp3) is 0.667. The molecule has 0 bridgehead atoms. The summed E-state index contributed by atoms with van der Waals surface area (Å²) in [4.78, 5) is 11.9. The third-order valence-electron chi connectivity index (χ3n) is 3.69. The fourth-order valence-corrected chi connectivity index (χ4v) is 2.82. The molecule has 16 heavy (non-hydrogen) atoms. The SMILES string of the molecule is CC1CC=C(CC(=O)CC2=CCC(C)C2)C1. The normalized spacial score (nSPS) is 29.1. The maximum atomic E-state index is 11.9. The molecule has 0 aliphatic heterocycles. The summed E-state index contributed by atoms with van der Waals surface area (Å²) in [5, 5.41) is 0. The molecule has 0 heterocycles. The lowest BCUT2D eigenvalue weighted by Gasteiger charge is -2.05. The van der Waals surface area contributed by atoms with Gasteiger partial charge in [-0.2, -0.15) is 0 Å². The van der Waals surface area contributed by atoms with Gasteiger partial charge in [-0.05, 0) is 37.5 Å². The molecule has 1 nitrogen and oxygen atoms in total. The third kappa shape index (κ3) is 3.07. The van der Waals surface area contributed by atoms with Crippen molar-refractivity contribution in [1.29, 1.82) is 0 Å². The molecule has 0 amide bonds. The van der Waals surface area contributed by atoms with Gasteiger partial charge in [-0.25, -0.2) is 0 Å². The molecule has 88 valence electrons.